The van der Waals surface area contributed by atoms with Gasteiger partial charge in [0.1, 0.15) is 11.5 Å². The molecule has 5 nitrogen and oxygen atoms in total. The summed E-state index contributed by atoms with van der Waals surface area (Å²) in [5.41, 5.74) is 1.44. The second-order valence-corrected chi connectivity index (χ2v) is 7.18. The van der Waals surface area contributed by atoms with Gasteiger partial charge >= 0.3 is 0 Å². The molecule has 1 unspecified atom stereocenters. The van der Waals surface area contributed by atoms with Gasteiger partial charge in [0.2, 0.25) is 0 Å². The molecule has 0 aliphatic heterocycles. The Labute approximate surface area is 142 Å². The number of rotatable bonds is 5. The number of Topliss-reactive ketones (excluding diaryl/α,β-unsaturated/α-hetero) is 1. The third-order valence-electron chi connectivity index (χ3n) is 4.21. The molecule has 1 aromatic carbocycles. The minimum atomic E-state index is -0.405. The molecule has 0 heterocycles. The van der Waals surface area contributed by atoms with Crippen LogP contribution in [-0.2, 0) is 11.2 Å². The van der Waals surface area contributed by atoms with Gasteiger partial charge in [-0.3, -0.25) is 9.79 Å². The number of hydrogen-bond acceptors (Lipinski definition) is 5. The number of phenolic OH excluding ortho intramolecular Hbond substituents is 1. The van der Waals surface area contributed by atoms with E-state index in [4.69, 9.17) is 0 Å². The van der Waals surface area contributed by atoms with E-state index in [0.29, 0.717) is 30.5 Å². The third-order valence-corrected chi connectivity index (χ3v) is 4.21. The minimum Gasteiger partial charge on any atom is -0.511 e. The van der Waals surface area contributed by atoms with Crippen molar-refractivity contribution in [3.05, 3.63) is 41.2 Å². The number of aliphatic imine (C=N–C) groups is 1. The monoisotopic (exact) mass is 331 g/mol. The number of aliphatic hydroxyl groups is 2. The summed E-state index contributed by atoms with van der Waals surface area (Å²) in [6.07, 6.45) is 1.31. The first-order chi connectivity index (χ1) is 11.2. The van der Waals surface area contributed by atoms with Crippen LogP contribution in [-0.4, -0.2) is 39.5 Å². The molecule has 0 spiro atoms. The van der Waals surface area contributed by atoms with Gasteiger partial charge in [0.25, 0.3) is 0 Å². The zero-order valence-electron chi connectivity index (χ0n) is 14.4. The van der Waals surface area contributed by atoms with Crippen LogP contribution in [0, 0.1) is 5.41 Å². The van der Waals surface area contributed by atoms with E-state index in [1.165, 1.54) is 0 Å². The summed E-state index contributed by atoms with van der Waals surface area (Å²) in [5, 5.41) is 29.1. The van der Waals surface area contributed by atoms with Crippen LogP contribution >= 0.6 is 0 Å². The largest absolute Gasteiger partial charge is 0.511 e. The van der Waals surface area contributed by atoms with E-state index in [-0.39, 0.29) is 29.3 Å². The van der Waals surface area contributed by atoms with Crippen molar-refractivity contribution in [2.75, 3.05) is 6.61 Å². The fourth-order valence-electron chi connectivity index (χ4n) is 3.09. The van der Waals surface area contributed by atoms with E-state index in [1.54, 1.807) is 31.2 Å². The molecule has 0 saturated carbocycles. The molecule has 24 heavy (non-hydrogen) atoms. The zero-order chi connectivity index (χ0) is 17.9. The average Bonchev–Trinajstić information content (AvgIpc) is 2.46. The summed E-state index contributed by atoms with van der Waals surface area (Å²) in [6, 6.07) is 6.31. The number of phenols is 1. The van der Waals surface area contributed by atoms with Crippen molar-refractivity contribution in [3.63, 3.8) is 0 Å². The Balaban J connectivity index is 2.21. The van der Waals surface area contributed by atoms with Gasteiger partial charge in [-0.15, -0.1) is 0 Å². The number of aromatic hydroxyl groups is 1. The van der Waals surface area contributed by atoms with Crippen molar-refractivity contribution in [3.8, 4) is 5.75 Å². The molecule has 0 radical (unpaired) electrons. The highest BCUT2D eigenvalue weighted by atomic mass is 16.3. The summed E-state index contributed by atoms with van der Waals surface area (Å²) in [5.74, 6) is 0.162. The molecule has 1 aliphatic carbocycles. The predicted octanol–water partition coefficient (Wildman–Crippen LogP) is 2.96. The van der Waals surface area contributed by atoms with Gasteiger partial charge in [-0.05, 0) is 36.5 Å². The van der Waals surface area contributed by atoms with Crippen LogP contribution in [0.2, 0.25) is 0 Å². The quantitative estimate of drug-likeness (QED) is 0.724. The highest BCUT2D eigenvalue weighted by Crippen LogP contribution is 2.36. The first-order valence-electron chi connectivity index (χ1n) is 8.11. The average molecular weight is 331 g/mol. The highest BCUT2D eigenvalue weighted by Gasteiger charge is 2.34. The van der Waals surface area contributed by atoms with Gasteiger partial charge in [-0.2, -0.15) is 0 Å². The fourth-order valence-corrected chi connectivity index (χ4v) is 3.09. The Morgan fingerprint density at radius 2 is 1.83 bits per heavy atom. The van der Waals surface area contributed by atoms with E-state index in [0.717, 1.165) is 5.56 Å². The number of carbonyl (C=O) groups is 1. The summed E-state index contributed by atoms with van der Waals surface area (Å²) in [4.78, 5) is 16.8. The lowest BCUT2D eigenvalue weighted by molar-refractivity contribution is -0.117. The van der Waals surface area contributed by atoms with Gasteiger partial charge in [-0.25, -0.2) is 0 Å². The molecule has 0 amide bonds. The van der Waals surface area contributed by atoms with Crippen LogP contribution in [0.5, 0.6) is 5.75 Å². The zero-order valence-corrected chi connectivity index (χ0v) is 14.4. The van der Waals surface area contributed by atoms with Crippen LogP contribution in [0.3, 0.4) is 0 Å². The molecule has 1 aromatic rings. The molecule has 1 atom stereocenters. The molecule has 0 fully saturated rings. The number of carbonyl (C=O) groups excluding carboxylic acids is 1. The van der Waals surface area contributed by atoms with Crippen molar-refractivity contribution < 1.29 is 20.1 Å². The Bertz CT molecular complexity index is 671. The van der Waals surface area contributed by atoms with Crippen LogP contribution in [0.4, 0.5) is 0 Å². The maximum Gasteiger partial charge on any atom is 0.168 e. The van der Waals surface area contributed by atoms with Crippen LogP contribution in [0.1, 0.15) is 39.2 Å². The van der Waals surface area contributed by atoms with Crippen LogP contribution < -0.4 is 0 Å². The van der Waals surface area contributed by atoms with Gasteiger partial charge in [0.05, 0.1) is 18.2 Å². The normalized spacial score (nSPS) is 19.5. The molecular formula is C19H25NO4. The van der Waals surface area contributed by atoms with Crippen molar-refractivity contribution in [2.45, 2.75) is 46.1 Å². The third kappa shape index (κ3) is 4.45. The van der Waals surface area contributed by atoms with Crippen LogP contribution in [0.15, 0.2) is 40.6 Å². The maximum atomic E-state index is 12.3. The van der Waals surface area contributed by atoms with Gasteiger partial charge in [0.15, 0.2) is 5.78 Å². The van der Waals surface area contributed by atoms with E-state index >= 15 is 0 Å². The lowest BCUT2D eigenvalue weighted by Crippen LogP contribution is -2.29. The summed E-state index contributed by atoms with van der Waals surface area (Å²) < 4.78 is 0. The smallest absolute Gasteiger partial charge is 0.168 e. The van der Waals surface area contributed by atoms with E-state index < -0.39 is 6.04 Å². The maximum absolute atomic E-state index is 12.3. The van der Waals surface area contributed by atoms with Gasteiger partial charge in [-0.1, -0.05) is 26.0 Å². The van der Waals surface area contributed by atoms with Crippen molar-refractivity contribution in [1.29, 1.82) is 0 Å². The number of benzene rings is 1. The molecule has 3 N–H and O–H groups in total. The molecule has 0 bridgehead atoms. The van der Waals surface area contributed by atoms with E-state index in [9.17, 15) is 20.1 Å². The van der Waals surface area contributed by atoms with Crippen LogP contribution in [0.25, 0.3) is 0 Å². The summed E-state index contributed by atoms with van der Waals surface area (Å²) in [7, 11) is 0. The van der Waals surface area contributed by atoms with Crippen molar-refractivity contribution >= 4 is 11.5 Å². The Hall–Kier alpha value is -2.14. The van der Waals surface area contributed by atoms with Crippen molar-refractivity contribution in [2.24, 2.45) is 10.4 Å². The standard InChI is InChI=1S/C19H25NO4/c1-12(18-16(23)9-19(2,3)10-17(18)24)20-14(11-21)8-13-4-6-15(22)7-5-13/h4-7,14,21-23H,8-11H2,1-3H3. The SMILES string of the molecule is CC(=NC(CO)Cc1ccc(O)cc1)C1=C(O)CC(C)(C)CC1=O. The Morgan fingerprint density at radius 3 is 2.38 bits per heavy atom. The summed E-state index contributed by atoms with van der Waals surface area (Å²) in [6.45, 7) is 5.44. The molecule has 5 heteroatoms. The number of allylic oxidation sites excluding steroid dienone is 2. The first kappa shape index (κ1) is 18.2. The number of ketones is 1. The Morgan fingerprint density at radius 1 is 1.21 bits per heavy atom. The number of nitrogens with zero attached hydrogens (tertiary/aromatic N) is 1. The fraction of sp³-hybridized carbons (Fsp3) is 0.474. The lowest BCUT2D eigenvalue weighted by atomic mass is 9.75. The van der Waals surface area contributed by atoms with E-state index in [2.05, 4.69) is 4.99 Å². The first-order valence-corrected chi connectivity index (χ1v) is 8.11. The minimum absolute atomic E-state index is 0.0822. The Kier molecular flexibility index (Phi) is 5.44. The van der Waals surface area contributed by atoms with Gasteiger partial charge < -0.3 is 15.3 Å². The molecule has 2 rings (SSSR count). The molecule has 1 aliphatic rings. The topological polar surface area (TPSA) is 90.1 Å². The second kappa shape index (κ2) is 7.18. The number of hydrogen-bond donors (Lipinski definition) is 3. The lowest BCUT2D eigenvalue weighted by Gasteiger charge is -2.29. The van der Waals surface area contributed by atoms with Gasteiger partial charge in [0, 0.05) is 18.6 Å². The van der Waals surface area contributed by atoms with Crippen molar-refractivity contribution in [1.82, 2.24) is 0 Å². The summed E-state index contributed by atoms with van der Waals surface area (Å²) >= 11 is 0. The molecule has 130 valence electrons. The molecule has 0 saturated heterocycles. The molecular weight excluding hydrogens is 306 g/mol. The van der Waals surface area contributed by atoms with E-state index in [1.807, 2.05) is 13.8 Å². The second-order valence-electron chi connectivity index (χ2n) is 7.18. The molecule has 0 aromatic heterocycles. The number of aliphatic hydroxyl groups excluding tert-OH is 2. The predicted molar refractivity (Wildman–Crippen MR) is 93.5 cm³/mol. The highest BCUT2D eigenvalue weighted by molar-refractivity contribution is 6.22.